The maximum Gasteiger partial charge on any atom is 0.319 e. The molecule has 2 aromatic carbocycles. The van der Waals surface area contributed by atoms with E-state index in [1.807, 2.05) is 55.5 Å². The topological polar surface area (TPSA) is 82.3 Å². The fraction of sp³-hybridized carbons (Fsp3) is 0.176. The van der Waals surface area contributed by atoms with Gasteiger partial charge in [-0.05, 0) is 30.7 Å². The van der Waals surface area contributed by atoms with Crippen molar-refractivity contribution >= 4 is 23.4 Å². The molecule has 0 radical (unpaired) electrons. The van der Waals surface area contributed by atoms with Crippen LogP contribution in [-0.2, 0) is 0 Å². The summed E-state index contributed by atoms with van der Waals surface area (Å²) in [5, 5.41) is 10.8. The molecule has 0 saturated carbocycles. The van der Waals surface area contributed by atoms with Crippen molar-refractivity contribution in [3.63, 3.8) is 0 Å². The van der Waals surface area contributed by atoms with Crippen LogP contribution in [0.15, 0.2) is 48.5 Å². The Morgan fingerprint density at radius 3 is 2.48 bits per heavy atom. The summed E-state index contributed by atoms with van der Waals surface area (Å²) in [6.07, 6.45) is 0. The number of benzene rings is 2. The first-order chi connectivity index (χ1) is 11.1. The molecule has 0 aromatic heterocycles. The third-order valence-electron chi connectivity index (χ3n) is 3.17. The van der Waals surface area contributed by atoms with Crippen LogP contribution in [-0.4, -0.2) is 25.7 Å². The van der Waals surface area contributed by atoms with Gasteiger partial charge < -0.3 is 21.3 Å². The average molecular weight is 312 g/mol. The molecule has 4 N–H and O–H groups in total. The molecule has 2 aromatic rings. The highest BCUT2D eigenvalue weighted by Gasteiger charge is 2.08. The molecule has 0 bridgehead atoms. The summed E-state index contributed by atoms with van der Waals surface area (Å²) in [6.45, 7) is 2.42. The number of rotatable bonds is 4. The Bertz CT molecular complexity index is 700. The minimum atomic E-state index is -0.283. The maximum absolute atomic E-state index is 11.6. The molecule has 0 spiro atoms. The van der Waals surface area contributed by atoms with E-state index in [1.165, 1.54) is 0 Å². The van der Waals surface area contributed by atoms with E-state index in [-0.39, 0.29) is 12.1 Å². The molecule has 6 heteroatoms. The number of carbonyl (C=O) groups is 2. The number of hydrogen-bond donors (Lipinski definition) is 4. The predicted molar refractivity (Wildman–Crippen MR) is 92.7 cm³/mol. The molecule has 0 fully saturated rings. The van der Waals surface area contributed by atoms with Crippen LogP contribution < -0.4 is 21.3 Å². The maximum atomic E-state index is 11.6. The smallest absolute Gasteiger partial charge is 0.319 e. The number of amides is 4. The number of carbonyl (C=O) groups excluding carboxylic acids is 2. The van der Waals surface area contributed by atoms with Gasteiger partial charge in [-0.1, -0.05) is 30.3 Å². The van der Waals surface area contributed by atoms with Gasteiger partial charge in [0.2, 0.25) is 0 Å². The zero-order valence-electron chi connectivity index (χ0n) is 13.1. The lowest BCUT2D eigenvalue weighted by molar-refractivity contribution is 0.252. The molecule has 0 saturated heterocycles. The molecule has 23 heavy (non-hydrogen) atoms. The van der Waals surface area contributed by atoms with Crippen molar-refractivity contribution in [1.82, 2.24) is 10.6 Å². The van der Waals surface area contributed by atoms with Crippen molar-refractivity contribution in [2.24, 2.45) is 0 Å². The van der Waals surface area contributed by atoms with Crippen molar-refractivity contribution in [3.05, 3.63) is 48.5 Å². The van der Waals surface area contributed by atoms with E-state index >= 15 is 0 Å². The highest BCUT2D eigenvalue weighted by Crippen LogP contribution is 2.29. The van der Waals surface area contributed by atoms with Crippen molar-refractivity contribution in [3.8, 4) is 11.1 Å². The molecule has 2 rings (SSSR count). The molecule has 4 amide bonds. The van der Waals surface area contributed by atoms with E-state index in [0.29, 0.717) is 17.9 Å². The second-order valence-electron chi connectivity index (χ2n) is 4.81. The van der Waals surface area contributed by atoms with Crippen molar-refractivity contribution in [1.29, 1.82) is 0 Å². The van der Waals surface area contributed by atoms with Crippen LogP contribution in [0.4, 0.5) is 21.0 Å². The van der Waals surface area contributed by atoms with Crippen LogP contribution in [0.2, 0.25) is 0 Å². The molecular weight excluding hydrogens is 292 g/mol. The summed E-state index contributed by atoms with van der Waals surface area (Å²) >= 11 is 0. The zero-order valence-corrected chi connectivity index (χ0v) is 13.1. The largest absolute Gasteiger partial charge is 0.341 e. The Labute approximate surface area is 135 Å². The normalized spacial score (nSPS) is 9.83. The van der Waals surface area contributed by atoms with Crippen LogP contribution in [0.5, 0.6) is 0 Å². The van der Waals surface area contributed by atoms with Gasteiger partial charge in [0.25, 0.3) is 0 Å². The number of para-hydroxylation sites is 1. The van der Waals surface area contributed by atoms with Gasteiger partial charge >= 0.3 is 12.1 Å². The van der Waals surface area contributed by atoms with Gasteiger partial charge in [0.05, 0.1) is 5.69 Å². The standard InChI is InChI=1S/C17H20N4O2/c1-3-19-17(23)20-13-8-6-7-12(11-13)14-9-4-5-10-15(14)21-16(22)18-2/h4-11H,3H2,1-2H3,(H2,18,21,22)(H2,19,20,23). The lowest BCUT2D eigenvalue weighted by atomic mass is 10.0. The van der Waals surface area contributed by atoms with Crippen molar-refractivity contribution in [2.45, 2.75) is 6.92 Å². The number of nitrogens with one attached hydrogen (secondary N) is 4. The monoisotopic (exact) mass is 312 g/mol. The van der Waals surface area contributed by atoms with E-state index in [4.69, 9.17) is 0 Å². The Kier molecular flexibility index (Phi) is 5.57. The quantitative estimate of drug-likeness (QED) is 0.699. The van der Waals surface area contributed by atoms with E-state index in [1.54, 1.807) is 7.05 Å². The third-order valence-corrected chi connectivity index (χ3v) is 3.17. The van der Waals surface area contributed by atoms with Crippen LogP contribution in [0, 0.1) is 0 Å². The summed E-state index contributed by atoms with van der Waals surface area (Å²) < 4.78 is 0. The number of anilines is 2. The fourth-order valence-electron chi connectivity index (χ4n) is 2.13. The van der Waals surface area contributed by atoms with Crippen LogP contribution in [0.25, 0.3) is 11.1 Å². The number of hydrogen-bond acceptors (Lipinski definition) is 2. The first kappa shape index (κ1) is 16.4. The van der Waals surface area contributed by atoms with Crippen LogP contribution >= 0.6 is 0 Å². The first-order valence-corrected chi connectivity index (χ1v) is 7.37. The molecule has 6 nitrogen and oxygen atoms in total. The summed E-state index contributed by atoms with van der Waals surface area (Å²) in [7, 11) is 1.56. The second-order valence-corrected chi connectivity index (χ2v) is 4.81. The van der Waals surface area contributed by atoms with Gasteiger partial charge in [-0.2, -0.15) is 0 Å². The van der Waals surface area contributed by atoms with E-state index < -0.39 is 0 Å². The molecule has 0 unspecified atom stereocenters. The average Bonchev–Trinajstić information content (AvgIpc) is 2.55. The molecule has 0 aliphatic carbocycles. The van der Waals surface area contributed by atoms with Gasteiger partial charge in [0, 0.05) is 24.8 Å². The van der Waals surface area contributed by atoms with Crippen molar-refractivity contribution < 1.29 is 9.59 Å². The fourth-order valence-corrected chi connectivity index (χ4v) is 2.13. The molecule has 0 heterocycles. The van der Waals surface area contributed by atoms with Crippen LogP contribution in [0.3, 0.4) is 0 Å². The summed E-state index contributed by atoms with van der Waals surface area (Å²) in [4.78, 5) is 23.2. The van der Waals surface area contributed by atoms with Gasteiger partial charge in [0.15, 0.2) is 0 Å². The van der Waals surface area contributed by atoms with E-state index in [2.05, 4.69) is 21.3 Å². The lowest BCUT2D eigenvalue weighted by Gasteiger charge is -2.12. The minimum Gasteiger partial charge on any atom is -0.341 e. The first-order valence-electron chi connectivity index (χ1n) is 7.37. The van der Waals surface area contributed by atoms with Crippen molar-refractivity contribution in [2.75, 3.05) is 24.2 Å². The van der Waals surface area contributed by atoms with E-state index in [9.17, 15) is 9.59 Å². The highest BCUT2D eigenvalue weighted by molar-refractivity contribution is 5.95. The molecule has 0 aliphatic heterocycles. The van der Waals surface area contributed by atoms with Gasteiger partial charge in [-0.25, -0.2) is 9.59 Å². The Morgan fingerprint density at radius 2 is 1.74 bits per heavy atom. The van der Waals surface area contributed by atoms with E-state index in [0.717, 1.165) is 11.1 Å². The molecule has 0 atom stereocenters. The minimum absolute atomic E-state index is 0.249. The summed E-state index contributed by atoms with van der Waals surface area (Å²) in [5.74, 6) is 0. The van der Waals surface area contributed by atoms with Crippen LogP contribution in [0.1, 0.15) is 6.92 Å². The SMILES string of the molecule is CCNC(=O)Nc1cccc(-c2ccccc2NC(=O)NC)c1. The molecule has 120 valence electrons. The van der Waals surface area contributed by atoms with Gasteiger partial charge in [-0.3, -0.25) is 0 Å². The van der Waals surface area contributed by atoms with Gasteiger partial charge in [-0.15, -0.1) is 0 Å². The summed E-state index contributed by atoms with van der Waals surface area (Å²) in [5.41, 5.74) is 3.15. The Morgan fingerprint density at radius 1 is 0.957 bits per heavy atom. The molecule has 0 aliphatic rings. The summed E-state index contributed by atoms with van der Waals surface area (Å²) in [6, 6.07) is 14.4. The predicted octanol–water partition coefficient (Wildman–Crippen LogP) is 3.25. The second kappa shape index (κ2) is 7.84. The Hall–Kier alpha value is -3.02. The lowest BCUT2D eigenvalue weighted by Crippen LogP contribution is -2.28. The molecular formula is C17H20N4O2. The zero-order chi connectivity index (χ0) is 16.7. The third kappa shape index (κ3) is 4.47. The Balaban J connectivity index is 2.28. The highest BCUT2D eigenvalue weighted by atomic mass is 16.2. The number of urea groups is 2. The van der Waals surface area contributed by atoms with Gasteiger partial charge in [0.1, 0.15) is 0 Å².